The van der Waals surface area contributed by atoms with Crippen molar-refractivity contribution in [2.75, 3.05) is 0 Å². The first-order valence-corrected chi connectivity index (χ1v) is 4.47. The molecule has 1 radical (unpaired) electrons. The number of rotatable bonds is 1. The number of benzene rings is 2. The Morgan fingerprint density at radius 1 is 1.00 bits per heavy atom. The Morgan fingerprint density at radius 3 is 2.46 bits per heavy atom. The molecule has 0 nitrogen and oxygen atoms in total. The van der Waals surface area contributed by atoms with Crippen LogP contribution >= 0.6 is 11.6 Å². The zero-order valence-corrected chi connectivity index (χ0v) is 7.75. The Hall–Kier alpha value is -1.27. The quantitative estimate of drug-likeness (QED) is 0.637. The van der Waals surface area contributed by atoms with E-state index in [0.29, 0.717) is 0 Å². The first kappa shape index (κ1) is 8.33. The van der Waals surface area contributed by atoms with Crippen LogP contribution in [-0.2, 0) is 0 Å². The van der Waals surface area contributed by atoms with E-state index in [1.54, 1.807) is 0 Å². The summed E-state index contributed by atoms with van der Waals surface area (Å²) in [5.41, 5.74) is 2.16. The molecule has 0 atom stereocenters. The summed E-state index contributed by atoms with van der Waals surface area (Å²) in [6.45, 7) is 0. The SMILES string of the molecule is Clc1cc[c]cc1-c1ccccc1. The molecule has 0 unspecified atom stereocenters. The lowest BCUT2D eigenvalue weighted by molar-refractivity contribution is 1.61. The first-order valence-electron chi connectivity index (χ1n) is 4.09. The average molecular weight is 188 g/mol. The molecule has 0 amide bonds. The highest BCUT2D eigenvalue weighted by atomic mass is 35.5. The van der Waals surface area contributed by atoms with Crippen LogP contribution in [0.4, 0.5) is 0 Å². The Bertz CT molecular complexity index is 393. The van der Waals surface area contributed by atoms with Crippen molar-refractivity contribution in [3.63, 3.8) is 0 Å². The summed E-state index contributed by atoms with van der Waals surface area (Å²) in [6, 6.07) is 18.6. The molecule has 2 aromatic rings. The van der Waals surface area contributed by atoms with Crippen LogP contribution < -0.4 is 0 Å². The minimum atomic E-state index is 0.768. The summed E-state index contributed by atoms with van der Waals surface area (Å²) >= 11 is 6.04. The molecule has 0 aromatic heterocycles. The minimum absolute atomic E-state index is 0.768. The Balaban J connectivity index is 2.54. The second-order valence-electron chi connectivity index (χ2n) is 2.77. The molecule has 0 aliphatic rings. The predicted molar refractivity (Wildman–Crippen MR) is 55.7 cm³/mol. The van der Waals surface area contributed by atoms with E-state index in [0.717, 1.165) is 16.1 Å². The Kier molecular flexibility index (Phi) is 2.33. The molecule has 2 rings (SSSR count). The molecule has 0 bridgehead atoms. The van der Waals surface area contributed by atoms with Crippen LogP contribution in [0.1, 0.15) is 0 Å². The first-order chi connectivity index (χ1) is 6.38. The van der Waals surface area contributed by atoms with E-state index in [1.807, 2.05) is 48.5 Å². The zero-order chi connectivity index (χ0) is 9.10. The molecule has 0 spiro atoms. The van der Waals surface area contributed by atoms with E-state index in [-0.39, 0.29) is 0 Å². The summed E-state index contributed by atoms with van der Waals surface area (Å²) < 4.78 is 0. The van der Waals surface area contributed by atoms with Crippen LogP contribution in [0.25, 0.3) is 11.1 Å². The molecule has 1 heteroatoms. The van der Waals surface area contributed by atoms with Crippen molar-refractivity contribution < 1.29 is 0 Å². The molecule has 2 aromatic carbocycles. The third-order valence-electron chi connectivity index (χ3n) is 1.90. The highest BCUT2D eigenvalue weighted by Crippen LogP contribution is 2.26. The number of hydrogen-bond donors (Lipinski definition) is 0. The highest BCUT2D eigenvalue weighted by Gasteiger charge is 1.99. The van der Waals surface area contributed by atoms with E-state index in [2.05, 4.69) is 6.07 Å². The fourth-order valence-electron chi connectivity index (χ4n) is 1.25. The van der Waals surface area contributed by atoms with Gasteiger partial charge in [-0.3, -0.25) is 0 Å². The van der Waals surface area contributed by atoms with Gasteiger partial charge in [0.05, 0.1) is 0 Å². The smallest absolute Gasteiger partial charge is 0.0484 e. The summed E-state index contributed by atoms with van der Waals surface area (Å²) in [7, 11) is 0. The van der Waals surface area contributed by atoms with Gasteiger partial charge in [-0.2, -0.15) is 0 Å². The van der Waals surface area contributed by atoms with Gasteiger partial charge in [0, 0.05) is 10.6 Å². The molecule has 0 saturated heterocycles. The molecule has 0 aliphatic carbocycles. The van der Waals surface area contributed by atoms with Gasteiger partial charge in [0.15, 0.2) is 0 Å². The van der Waals surface area contributed by atoms with Crippen molar-refractivity contribution in [3.8, 4) is 11.1 Å². The lowest BCUT2D eigenvalue weighted by atomic mass is 10.1. The topological polar surface area (TPSA) is 0 Å². The average Bonchev–Trinajstić information content (AvgIpc) is 2.20. The van der Waals surface area contributed by atoms with Crippen LogP contribution in [0.3, 0.4) is 0 Å². The number of halogens is 1. The van der Waals surface area contributed by atoms with E-state index >= 15 is 0 Å². The van der Waals surface area contributed by atoms with Gasteiger partial charge in [0.25, 0.3) is 0 Å². The van der Waals surface area contributed by atoms with Gasteiger partial charge in [-0.05, 0) is 23.8 Å². The van der Waals surface area contributed by atoms with Crippen LogP contribution in [0, 0.1) is 6.07 Å². The van der Waals surface area contributed by atoms with Crippen LogP contribution in [-0.4, -0.2) is 0 Å². The standard InChI is InChI=1S/C12H8Cl/c13-12-9-5-4-8-11(12)10-6-2-1-3-7-10/h1-3,5-9H. The summed E-state index contributed by atoms with van der Waals surface area (Å²) in [6.07, 6.45) is 0. The third-order valence-corrected chi connectivity index (χ3v) is 2.23. The lowest BCUT2D eigenvalue weighted by Crippen LogP contribution is -1.77. The molecule has 63 valence electrons. The van der Waals surface area contributed by atoms with Gasteiger partial charge in [0.1, 0.15) is 0 Å². The van der Waals surface area contributed by atoms with Gasteiger partial charge in [-0.1, -0.05) is 48.0 Å². The zero-order valence-electron chi connectivity index (χ0n) is 7.00. The van der Waals surface area contributed by atoms with Gasteiger partial charge < -0.3 is 0 Å². The van der Waals surface area contributed by atoms with Crippen molar-refractivity contribution in [2.24, 2.45) is 0 Å². The monoisotopic (exact) mass is 187 g/mol. The van der Waals surface area contributed by atoms with E-state index in [1.165, 1.54) is 0 Å². The largest absolute Gasteiger partial charge is 0.0837 e. The van der Waals surface area contributed by atoms with E-state index in [9.17, 15) is 0 Å². The van der Waals surface area contributed by atoms with Crippen LogP contribution in [0.15, 0.2) is 48.5 Å². The minimum Gasteiger partial charge on any atom is -0.0837 e. The van der Waals surface area contributed by atoms with E-state index in [4.69, 9.17) is 11.6 Å². The van der Waals surface area contributed by atoms with Crippen LogP contribution in [0.2, 0.25) is 5.02 Å². The summed E-state index contributed by atoms with van der Waals surface area (Å²) in [5, 5.41) is 0.768. The maximum atomic E-state index is 6.04. The predicted octanol–water partition coefficient (Wildman–Crippen LogP) is 3.81. The van der Waals surface area contributed by atoms with Crippen molar-refractivity contribution in [2.45, 2.75) is 0 Å². The lowest BCUT2D eigenvalue weighted by Gasteiger charge is -2.02. The molecule has 0 saturated carbocycles. The normalized spacial score (nSPS) is 9.92. The third kappa shape index (κ3) is 1.73. The molecule has 0 heterocycles. The summed E-state index contributed by atoms with van der Waals surface area (Å²) in [4.78, 5) is 0. The fraction of sp³-hybridized carbons (Fsp3) is 0. The second-order valence-corrected chi connectivity index (χ2v) is 3.18. The van der Waals surface area contributed by atoms with E-state index < -0.39 is 0 Å². The molecule has 0 N–H and O–H groups in total. The number of hydrogen-bond acceptors (Lipinski definition) is 0. The Morgan fingerprint density at radius 2 is 1.77 bits per heavy atom. The molecular weight excluding hydrogens is 180 g/mol. The maximum absolute atomic E-state index is 6.04. The second kappa shape index (κ2) is 3.63. The van der Waals surface area contributed by atoms with Crippen molar-refractivity contribution in [3.05, 3.63) is 59.6 Å². The van der Waals surface area contributed by atoms with Crippen molar-refractivity contribution in [1.82, 2.24) is 0 Å². The molecule has 13 heavy (non-hydrogen) atoms. The van der Waals surface area contributed by atoms with Gasteiger partial charge in [-0.15, -0.1) is 0 Å². The van der Waals surface area contributed by atoms with Crippen LogP contribution in [0.5, 0.6) is 0 Å². The maximum Gasteiger partial charge on any atom is 0.0484 e. The van der Waals surface area contributed by atoms with Gasteiger partial charge >= 0.3 is 0 Å². The van der Waals surface area contributed by atoms with Crippen molar-refractivity contribution >= 4 is 11.6 Å². The molecule has 0 fully saturated rings. The molecular formula is C12H8Cl. The summed E-state index contributed by atoms with van der Waals surface area (Å²) in [5.74, 6) is 0. The van der Waals surface area contributed by atoms with Gasteiger partial charge in [0.2, 0.25) is 0 Å². The Labute approximate surface area is 82.8 Å². The van der Waals surface area contributed by atoms with Gasteiger partial charge in [-0.25, -0.2) is 0 Å². The fourth-order valence-corrected chi connectivity index (χ4v) is 1.48. The van der Waals surface area contributed by atoms with Crippen molar-refractivity contribution in [1.29, 1.82) is 0 Å². The molecule has 0 aliphatic heterocycles. The highest BCUT2D eigenvalue weighted by molar-refractivity contribution is 6.33.